The summed E-state index contributed by atoms with van der Waals surface area (Å²) in [5.74, 6) is 1.70. The molecule has 29 heavy (non-hydrogen) atoms. The van der Waals surface area contributed by atoms with E-state index in [-0.39, 0.29) is 11.6 Å². The van der Waals surface area contributed by atoms with Crippen molar-refractivity contribution < 1.29 is 4.74 Å². The molecule has 4 aromatic rings. The maximum absolute atomic E-state index is 8.76. The maximum Gasteiger partial charge on any atom is 0.228 e. The molecule has 7 heteroatoms. The van der Waals surface area contributed by atoms with E-state index in [1.54, 1.807) is 12.4 Å². The van der Waals surface area contributed by atoms with E-state index < -0.39 is 0 Å². The van der Waals surface area contributed by atoms with Crippen LogP contribution in [0.2, 0.25) is 0 Å². The van der Waals surface area contributed by atoms with E-state index >= 15 is 0 Å². The molecule has 0 saturated carbocycles. The van der Waals surface area contributed by atoms with Gasteiger partial charge in [0, 0.05) is 18.0 Å². The Bertz CT molecular complexity index is 1120. The maximum atomic E-state index is 8.76. The van der Waals surface area contributed by atoms with Crippen molar-refractivity contribution in [3.63, 3.8) is 0 Å². The first-order valence-electron chi connectivity index (χ1n) is 8.96. The highest BCUT2D eigenvalue weighted by Crippen LogP contribution is 2.30. The van der Waals surface area contributed by atoms with Crippen LogP contribution in [0.25, 0.3) is 11.5 Å². The second-order valence-electron chi connectivity index (χ2n) is 6.08. The van der Waals surface area contributed by atoms with Gasteiger partial charge in [0.25, 0.3) is 0 Å². The van der Waals surface area contributed by atoms with Gasteiger partial charge in [-0.15, -0.1) is 0 Å². The van der Waals surface area contributed by atoms with Crippen molar-refractivity contribution in [1.82, 2.24) is 19.9 Å². The summed E-state index contributed by atoms with van der Waals surface area (Å²) in [5.41, 5.74) is 2.02. The zero-order valence-electron chi connectivity index (χ0n) is 15.7. The smallest absolute Gasteiger partial charge is 0.228 e. The van der Waals surface area contributed by atoms with E-state index in [1.807, 2.05) is 66.7 Å². The summed E-state index contributed by atoms with van der Waals surface area (Å²) in [5, 5.41) is 12.0. The second kappa shape index (κ2) is 8.26. The summed E-state index contributed by atoms with van der Waals surface area (Å²) in [4.78, 5) is 17.8. The highest BCUT2D eigenvalue weighted by Gasteiger charge is 2.22. The molecule has 4 rings (SSSR count). The van der Waals surface area contributed by atoms with Crippen molar-refractivity contribution in [2.45, 2.75) is 0 Å². The quantitative estimate of drug-likeness (QED) is 0.487. The lowest BCUT2D eigenvalue weighted by atomic mass is 10.0. The minimum Gasteiger partial charge on any atom is -0.480 e. The predicted octanol–water partition coefficient (Wildman–Crippen LogP) is 4.10. The number of anilines is 2. The van der Waals surface area contributed by atoms with Gasteiger partial charge in [-0.1, -0.05) is 42.5 Å². The predicted molar refractivity (Wildman–Crippen MR) is 112 cm³/mol. The van der Waals surface area contributed by atoms with Crippen LogP contribution in [0.5, 0.6) is 5.88 Å². The van der Waals surface area contributed by atoms with Crippen molar-refractivity contribution in [2.24, 2.45) is 0 Å². The molecule has 0 bridgehead atoms. The molecule has 0 atom stereocenters. The van der Waals surface area contributed by atoms with E-state index in [2.05, 4.69) is 25.3 Å². The summed E-state index contributed by atoms with van der Waals surface area (Å²) in [7, 11) is 1.52. The Morgan fingerprint density at radius 2 is 1.59 bits per heavy atom. The molecule has 0 aliphatic carbocycles. The summed E-state index contributed by atoms with van der Waals surface area (Å²) in [6.07, 6.45) is 3.36. The van der Waals surface area contributed by atoms with Gasteiger partial charge in [-0.25, -0.2) is 9.97 Å². The number of aromatic nitrogens is 4. The number of nitrogens with one attached hydrogen (secondary N) is 2. The fourth-order valence-electron chi connectivity index (χ4n) is 2.82. The Balaban J connectivity index is 1.89. The van der Waals surface area contributed by atoms with Gasteiger partial charge in [0.1, 0.15) is 22.9 Å². The lowest BCUT2D eigenvalue weighted by Gasteiger charge is -2.16. The molecule has 0 aliphatic heterocycles. The highest BCUT2D eigenvalue weighted by molar-refractivity contribution is 6.15. The van der Waals surface area contributed by atoms with Gasteiger partial charge >= 0.3 is 0 Å². The number of ether oxygens (including phenoxy) is 1. The average Bonchev–Trinajstić information content (AvgIpc) is 2.80. The minimum atomic E-state index is 0.244. The molecule has 0 unspecified atom stereocenters. The first-order valence-corrected chi connectivity index (χ1v) is 8.96. The third kappa shape index (κ3) is 3.93. The molecule has 142 valence electrons. The number of hydrogen-bond acceptors (Lipinski definition) is 7. The summed E-state index contributed by atoms with van der Waals surface area (Å²) in [6, 6.07) is 20.4. The van der Waals surface area contributed by atoms with Crippen molar-refractivity contribution in [1.29, 1.82) is 5.41 Å². The third-order valence-electron chi connectivity index (χ3n) is 4.19. The second-order valence-corrected chi connectivity index (χ2v) is 6.08. The van der Waals surface area contributed by atoms with E-state index in [0.29, 0.717) is 28.7 Å². The molecule has 2 N–H and O–H groups in total. The van der Waals surface area contributed by atoms with Crippen molar-refractivity contribution in [3.05, 3.63) is 90.3 Å². The van der Waals surface area contributed by atoms with Gasteiger partial charge in [-0.05, 0) is 24.3 Å². The van der Waals surface area contributed by atoms with Gasteiger partial charge < -0.3 is 10.1 Å². The van der Waals surface area contributed by atoms with Crippen molar-refractivity contribution in [3.8, 4) is 17.4 Å². The third-order valence-corrected chi connectivity index (χ3v) is 4.19. The molecule has 7 nitrogen and oxygen atoms in total. The number of rotatable bonds is 6. The molecule has 0 saturated heterocycles. The SMILES string of the molecule is COc1nc(-c2ccccn2)nc(Nc2ccccn2)c1C(=N)c1ccccc1. The Labute approximate surface area is 168 Å². The van der Waals surface area contributed by atoms with Crippen LogP contribution in [0.4, 0.5) is 11.6 Å². The topological polar surface area (TPSA) is 96.7 Å². The van der Waals surface area contributed by atoms with Crippen LogP contribution in [-0.4, -0.2) is 32.8 Å². The molecular weight excluding hydrogens is 364 g/mol. The van der Waals surface area contributed by atoms with Crippen LogP contribution in [0, 0.1) is 5.41 Å². The number of benzene rings is 1. The van der Waals surface area contributed by atoms with Crippen LogP contribution < -0.4 is 10.1 Å². The van der Waals surface area contributed by atoms with E-state index in [1.165, 1.54) is 7.11 Å². The molecule has 0 fully saturated rings. The van der Waals surface area contributed by atoms with Crippen LogP contribution in [-0.2, 0) is 0 Å². The standard InChI is InChI=1S/C22H18N6O/c1-29-22-18(19(23)15-9-3-2-4-10-15)21(26-17-12-6-8-14-25-17)27-20(28-22)16-11-5-7-13-24-16/h2-14,23H,1H3,(H,25,26,27,28). The largest absolute Gasteiger partial charge is 0.480 e. The number of pyridine rings is 2. The normalized spacial score (nSPS) is 10.4. The van der Waals surface area contributed by atoms with Crippen LogP contribution in [0.3, 0.4) is 0 Å². The highest BCUT2D eigenvalue weighted by atomic mass is 16.5. The number of hydrogen-bond donors (Lipinski definition) is 2. The van der Waals surface area contributed by atoms with Crippen molar-refractivity contribution >= 4 is 17.3 Å². The van der Waals surface area contributed by atoms with E-state index in [0.717, 1.165) is 5.56 Å². The van der Waals surface area contributed by atoms with Gasteiger partial charge in [-0.3, -0.25) is 10.4 Å². The molecule has 3 aromatic heterocycles. The Kier molecular flexibility index (Phi) is 5.20. The fraction of sp³-hybridized carbons (Fsp3) is 0.0455. The molecule has 3 heterocycles. The molecule has 1 aromatic carbocycles. The number of nitrogens with zero attached hydrogens (tertiary/aromatic N) is 4. The summed E-state index contributed by atoms with van der Waals surface area (Å²) in [6.45, 7) is 0. The lowest BCUT2D eigenvalue weighted by Crippen LogP contribution is -2.12. The minimum absolute atomic E-state index is 0.244. The van der Waals surface area contributed by atoms with E-state index in [9.17, 15) is 0 Å². The van der Waals surface area contributed by atoms with Crippen LogP contribution in [0.1, 0.15) is 11.1 Å². The van der Waals surface area contributed by atoms with Gasteiger partial charge in [0.2, 0.25) is 5.88 Å². The fourth-order valence-corrected chi connectivity index (χ4v) is 2.82. The molecular formula is C22H18N6O. The Morgan fingerprint density at radius 3 is 2.24 bits per heavy atom. The molecule has 0 aliphatic rings. The zero-order chi connectivity index (χ0) is 20.1. The zero-order valence-corrected chi connectivity index (χ0v) is 15.7. The van der Waals surface area contributed by atoms with Crippen LogP contribution in [0.15, 0.2) is 79.1 Å². The lowest BCUT2D eigenvalue weighted by molar-refractivity contribution is 0.397. The van der Waals surface area contributed by atoms with Crippen LogP contribution >= 0.6 is 0 Å². The van der Waals surface area contributed by atoms with Gasteiger partial charge in [0.15, 0.2) is 5.82 Å². The summed E-state index contributed by atoms with van der Waals surface area (Å²) < 4.78 is 5.55. The summed E-state index contributed by atoms with van der Waals surface area (Å²) >= 11 is 0. The average molecular weight is 382 g/mol. The number of methoxy groups -OCH3 is 1. The Hall–Kier alpha value is -4.13. The first kappa shape index (κ1) is 18.2. The van der Waals surface area contributed by atoms with Crippen molar-refractivity contribution in [2.75, 3.05) is 12.4 Å². The Morgan fingerprint density at radius 1 is 0.862 bits per heavy atom. The molecule has 0 spiro atoms. The van der Waals surface area contributed by atoms with Gasteiger partial charge in [-0.2, -0.15) is 4.98 Å². The van der Waals surface area contributed by atoms with Gasteiger partial charge in [0.05, 0.1) is 12.8 Å². The monoisotopic (exact) mass is 382 g/mol. The molecule has 0 amide bonds. The molecule has 0 radical (unpaired) electrons. The first-order chi connectivity index (χ1) is 14.3. The van der Waals surface area contributed by atoms with E-state index in [4.69, 9.17) is 10.1 Å².